The van der Waals surface area contributed by atoms with Gasteiger partial charge in [-0.1, -0.05) is 37.6 Å². The van der Waals surface area contributed by atoms with E-state index in [1.807, 2.05) is 32.6 Å². The molecule has 0 aromatic heterocycles. The standard InChI is InChI=1S/C15H23NO2/c1-5-16(6-2)14(15(17)18)10-13-9-11(3)7-8-12(13)4/h7-9,14H,5-6,10H2,1-4H3,(H,17,18)/t14-/m0/s1. The first-order valence-electron chi connectivity index (χ1n) is 6.52. The highest BCUT2D eigenvalue weighted by molar-refractivity contribution is 5.74. The molecule has 0 saturated heterocycles. The number of hydrogen-bond donors (Lipinski definition) is 1. The van der Waals surface area contributed by atoms with Crippen LogP contribution in [0.15, 0.2) is 18.2 Å². The Morgan fingerprint density at radius 1 is 1.28 bits per heavy atom. The number of carbonyl (C=O) groups is 1. The lowest BCUT2D eigenvalue weighted by molar-refractivity contribution is -0.143. The Balaban J connectivity index is 2.96. The van der Waals surface area contributed by atoms with Crippen LogP contribution in [0.25, 0.3) is 0 Å². The maximum absolute atomic E-state index is 11.4. The summed E-state index contributed by atoms with van der Waals surface area (Å²) in [5.41, 5.74) is 3.48. The highest BCUT2D eigenvalue weighted by atomic mass is 16.4. The maximum Gasteiger partial charge on any atom is 0.321 e. The lowest BCUT2D eigenvalue weighted by Crippen LogP contribution is -2.42. The Morgan fingerprint density at radius 2 is 1.89 bits per heavy atom. The second kappa shape index (κ2) is 6.55. The molecule has 0 aliphatic carbocycles. The number of hydrogen-bond acceptors (Lipinski definition) is 2. The minimum Gasteiger partial charge on any atom is -0.480 e. The third-order valence-corrected chi connectivity index (χ3v) is 3.46. The Labute approximate surface area is 109 Å². The number of aryl methyl sites for hydroxylation is 2. The van der Waals surface area contributed by atoms with Gasteiger partial charge in [0.25, 0.3) is 0 Å². The van der Waals surface area contributed by atoms with Gasteiger partial charge in [-0.2, -0.15) is 0 Å². The number of carboxylic acids is 1. The molecular weight excluding hydrogens is 226 g/mol. The van der Waals surface area contributed by atoms with Gasteiger partial charge in [-0.15, -0.1) is 0 Å². The molecule has 0 saturated carbocycles. The number of nitrogens with zero attached hydrogens (tertiary/aromatic N) is 1. The fourth-order valence-electron chi connectivity index (χ4n) is 2.27. The van der Waals surface area contributed by atoms with Crippen molar-refractivity contribution in [2.75, 3.05) is 13.1 Å². The first kappa shape index (κ1) is 14.7. The number of benzene rings is 1. The summed E-state index contributed by atoms with van der Waals surface area (Å²) >= 11 is 0. The van der Waals surface area contributed by atoms with Gasteiger partial charge in [0.1, 0.15) is 6.04 Å². The van der Waals surface area contributed by atoms with Crippen molar-refractivity contribution in [3.05, 3.63) is 34.9 Å². The molecule has 0 unspecified atom stereocenters. The van der Waals surface area contributed by atoms with Crippen molar-refractivity contribution in [2.45, 2.75) is 40.2 Å². The third-order valence-electron chi connectivity index (χ3n) is 3.46. The van der Waals surface area contributed by atoms with Crippen molar-refractivity contribution in [1.29, 1.82) is 0 Å². The molecular formula is C15H23NO2. The highest BCUT2D eigenvalue weighted by Gasteiger charge is 2.24. The van der Waals surface area contributed by atoms with E-state index in [4.69, 9.17) is 0 Å². The van der Waals surface area contributed by atoms with E-state index in [1.54, 1.807) is 0 Å². The number of likely N-dealkylation sites (N-methyl/N-ethyl adjacent to an activating group) is 1. The summed E-state index contributed by atoms with van der Waals surface area (Å²) in [6, 6.07) is 5.78. The van der Waals surface area contributed by atoms with Crippen molar-refractivity contribution in [3.63, 3.8) is 0 Å². The molecule has 0 bridgehead atoms. The molecule has 1 rings (SSSR count). The van der Waals surface area contributed by atoms with Crippen LogP contribution < -0.4 is 0 Å². The number of rotatable bonds is 6. The van der Waals surface area contributed by atoms with Crippen molar-refractivity contribution in [2.24, 2.45) is 0 Å². The maximum atomic E-state index is 11.4. The Hall–Kier alpha value is -1.35. The smallest absolute Gasteiger partial charge is 0.321 e. The van der Waals surface area contributed by atoms with Gasteiger partial charge in [-0.05, 0) is 44.5 Å². The predicted molar refractivity (Wildman–Crippen MR) is 74.0 cm³/mol. The van der Waals surface area contributed by atoms with Gasteiger partial charge in [-0.3, -0.25) is 9.69 Å². The van der Waals surface area contributed by atoms with E-state index in [0.717, 1.165) is 18.7 Å². The van der Waals surface area contributed by atoms with Crippen LogP contribution in [0.1, 0.15) is 30.5 Å². The van der Waals surface area contributed by atoms with Gasteiger partial charge < -0.3 is 5.11 Å². The highest BCUT2D eigenvalue weighted by Crippen LogP contribution is 2.15. The fraction of sp³-hybridized carbons (Fsp3) is 0.533. The molecule has 0 fully saturated rings. The van der Waals surface area contributed by atoms with Gasteiger partial charge in [0.15, 0.2) is 0 Å². The van der Waals surface area contributed by atoms with Crippen LogP contribution >= 0.6 is 0 Å². The van der Waals surface area contributed by atoms with Crippen LogP contribution in [0.3, 0.4) is 0 Å². The molecule has 1 N–H and O–H groups in total. The van der Waals surface area contributed by atoms with Gasteiger partial charge in [-0.25, -0.2) is 0 Å². The fourth-order valence-corrected chi connectivity index (χ4v) is 2.27. The summed E-state index contributed by atoms with van der Waals surface area (Å²) in [7, 11) is 0. The Morgan fingerprint density at radius 3 is 2.39 bits per heavy atom. The molecule has 1 aromatic carbocycles. The minimum atomic E-state index is -0.736. The van der Waals surface area contributed by atoms with E-state index in [9.17, 15) is 9.90 Å². The Bertz CT molecular complexity index is 411. The first-order valence-corrected chi connectivity index (χ1v) is 6.52. The van der Waals surface area contributed by atoms with Crippen LogP contribution in [0.2, 0.25) is 0 Å². The Kier molecular flexibility index (Phi) is 5.35. The van der Waals surface area contributed by atoms with Crippen molar-refractivity contribution >= 4 is 5.97 Å². The zero-order valence-electron chi connectivity index (χ0n) is 11.7. The van der Waals surface area contributed by atoms with Crippen LogP contribution in [0, 0.1) is 13.8 Å². The van der Waals surface area contributed by atoms with Gasteiger partial charge in [0, 0.05) is 0 Å². The molecule has 0 aliphatic rings. The first-order chi connectivity index (χ1) is 8.49. The second-order valence-electron chi connectivity index (χ2n) is 4.71. The van der Waals surface area contributed by atoms with E-state index in [1.165, 1.54) is 11.1 Å². The molecule has 0 heterocycles. The average molecular weight is 249 g/mol. The van der Waals surface area contributed by atoms with Crippen LogP contribution in [0.4, 0.5) is 0 Å². The lowest BCUT2D eigenvalue weighted by atomic mass is 9.98. The zero-order valence-corrected chi connectivity index (χ0v) is 11.7. The van der Waals surface area contributed by atoms with E-state index >= 15 is 0 Å². The van der Waals surface area contributed by atoms with Crippen LogP contribution in [0.5, 0.6) is 0 Å². The normalized spacial score (nSPS) is 12.7. The molecule has 100 valence electrons. The summed E-state index contributed by atoms with van der Waals surface area (Å²) < 4.78 is 0. The van der Waals surface area contributed by atoms with E-state index < -0.39 is 12.0 Å². The SMILES string of the molecule is CCN(CC)[C@@H](Cc1cc(C)ccc1C)C(=O)O. The quantitative estimate of drug-likeness (QED) is 0.842. The van der Waals surface area contributed by atoms with Gasteiger partial charge in [0.2, 0.25) is 0 Å². The molecule has 1 atom stereocenters. The molecule has 0 aliphatic heterocycles. The monoisotopic (exact) mass is 249 g/mol. The largest absolute Gasteiger partial charge is 0.480 e. The van der Waals surface area contributed by atoms with Gasteiger partial charge in [0.05, 0.1) is 0 Å². The second-order valence-corrected chi connectivity index (χ2v) is 4.71. The molecule has 1 aromatic rings. The van der Waals surface area contributed by atoms with Crippen LogP contribution in [-0.4, -0.2) is 35.1 Å². The molecule has 18 heavy (non-hydrogen) atoms. The van der Waals surface area contributed by atoms with E-state index in [2.05, 4.69) is 18.2 Å². The van der Waals surface area contributed by atoms with Crippen molar-refractivity contribution in [1.82, 2.24) is 4.90 Å². The predicted octanol–water partition coefficient (Wildman–Crippen LogP) is 2.64. The molecule has 0 amide bonds. The number of aliphatic carboxylic acids is 1. The number of carboxylic acid groups (broad SMARTS) is 1. The minimum absolute atomic E-state index is 0.430. The van der Waals surface area contributed by atoms with Crippen molar-refractivity contribution < 1.29 is 9.90 Å². The van der Waals surface area contributed by atoms with Gasteiger partial charge >= 0.3 is 5.97 Å². The molecule has 0 radical (unpaired) electrons. The summed E-state index contributed by atoms with van der Waals surface area (Å²) in [6.07, 6.45) is 0.574. The molecule has 3 heteroatoms. The lowest BCUT2D eigenvalue weighted by Gasteiger charge is -2.26. The van der Waals surface area contributed by atoms with E-state index in [-0.39, 0.29) is 0 Å². The third kappa shape index (κ3) is 3.57. The van der Waals surface area contributed by atoms with E-state index in [0.29, 0.717) is 6.42 Å². The summed E-state index contributed by atoms with van der Waals surface area (Å²) in [5.74, 6) is -0.736. The topological polar surface area (TPSA) is 40.5 Å². The summed E-state index contributed by atoms with van der Waals surface area (Å²) in [4.78, 5) is 13.4. The molecule has 0 spiro atoms. The van der Waals surface area contributed by atoms with Crippen molar-refractivity contribution in [3.8, 4) is 0 Å². The summed E-state index contributed by atoms with van der Waals surface area (Å²) in [6.45, 7) is 9.60. The zero-order chi connectivity index (χ0) is 13.7. The summed E-state index contributed by atoms with van der Waals surface area (Å²) in [5, 5.41) is 9.39. The van der Waals surface area contributed by atoms with Crippen LogP contribution in [-0.2, 0) is 11.2 Å². The average Bonchev–Trinajstić information content (AvgIpc) is 2.33. The molecule has 3 nitrogen and oxygen atoms in total.